The second-order valence-corrected chi connectivity index (χ2v) is 4.69. The molecule has 1 saturated heterocycles. The molecule has 0 amide bonds. The first-order valence-electron chi connectivity index (χ1n) is 6.11. The van der Waals surface area contributed by atoms with E-state index in [4.69, 9.17) is 8.83 Å². The van der Waals surface area contributed by atoms with Gasteiger partial charge in [-0.2, -0.15) is 0 Å². The molecule has 0 unspecified atom stereocenters. The average Bonchev–Trinajstić information content (AvgIpc) is 3.03. The van der Waals surface area contributed by atoms with Gasteiger partial charge in [-0.15, -0.1) is 0 Å². The molecular formula is C14H15NO3. The molecule has 3 rings (SSSR count). The van der Waals surface area contributed by atoms with Crippen LogP contribution in [0.5, 0.6) is 0 Å². The predicted octanol–water partition coefficient (Wildman–Crippen LogP) is 2.85. The van der Waals surface area contributed by atoms with Gasteiger partial charge in [-0.1, -0.05) is 6.92 Å². The molecule has 0 spiro atoms. The van der Waals surface area contributed by atoms with Crippen molar-refractivity contribution in [2.75, 3.05) is 0 Å². The van der Waals surface area contributed by atoms with Crippen molar-refractivity contribution in [2.24, 2.45) is 5.92 Å². The highest BCUT2D eigenvalue weighted by molar-refractivity contribution is 5.83. The third-order valence-corrected chi connectivity index (χ3v) is 3.53. The van der Waals surface area contributed by atoms with E-state index in [1.165, 1.54) is 0 Å². The zero-order valence-corrected chi connectivity index (χ0v) is 10.1. The Bertz CT molecular complexity index is 515. The van der Waals surface area contributed by atoms with Crippen LogP contribution in [-0.2, 0) is 4.79 Å². The zero-order valence-electron chi connectivity index (χ0n) is 10.1. The standard InChI is InChI=1S/C14H15NO3/c1-9-11(16)8-10(12-4-2-6-17-12)15-14(9)13-5-3-7-18-13/h2-7,9-10,14-15H,8H2,1H3/t9-,10-,14+/m1/s1. The Hall–Kier alpha value is -1.81. The van der Waals surface area contributed by atoms with Crippen LogP contribution in [0.2, 0.25) is 0 Å². The molecule has 0 aliphatic carbocycles. The van der Waals surface area contributed by atoms with Gasteiger partial charge in [0.05, 0.1) is 24.6 Å². The van der Waals surface area contributed by atoms with Crippen LogP contribution in [0.15, 0.2) is 45.6 Å². The SMILES string of the molecule is C[C@@H]1C(=O)C[C@H](c2ccco2)N[C@@H]1c1ccco1. The highest BCUT2D eigenvalue weighted by Gasteiger charge is 2.37. The Balaban J connectivity index is 1.88. The lowest BCUT2D eigenvalue weighted by Gasteiger charge is -2.32. The van der Waals surface area contributed by atoms with E-state index >= 15 is 0 Å². The summed E-state index contributed by atoms with van der Waals surface area (Å²) in [4.78, 5) is 12.1. The molecule has 0 aromatic carbocycles. The molecule has 1 aliphatic heterocycles. The summed E-state index contributed by atoms with van der Waals surface area (Å²) in [6.07, 6.45) is 3.72. The van der Waals surface area contributed by atoms with E-state index in [9.17, 15) is 4.79 Å². The van der Waals surface area contributed by atoms with E-state index in [1.807, 2.05) is 31.2 Å². The topological polar surface area (TPSA) is 55.4 Å². The fourth-order valence-corrected chi connectivity index (χ4v) is 2.46. The fourth-order valence-electron chi connectivity index (χ4n) is 2.46. The molecule has 0 radical (unpaired) electrons. The third kappa shape index (κ3) is 1.88. The summed E-state index contributed by atoms with van der Waals surface area (Å²) in [5, 5.41) is 3.43. The number of Topliss-reactive ketones (excluding diaryl/α,β-unsaturated/α-hetero) is 1. The van der Waals surface area contributed by atoms with Crippen LogP contribution >= 0.6 is 0 Å². The van der Waals surface area contributed by atoms with Gasteiger partial charge in [0.25, 0.3) is 0 Å². The van der Waals surface area contributed by atoms with Gasteiger partial charge < -0.3 is 8.83 Å². The number of nitrogens with one attached hydrogen (secondary N) is 1. The Kier molecular flexibility index (Phi) is 2.80. The molecule has 4 heteroatoms. The van der Waals surface area contributed by atoms with Crippen molar-refractivity contribution in [1.29, 1.82) is 0 Å². The number of hydrogen-bond donors (Lipinski definition) is 1. The summed E-state index contributed by atoms with van der Waals surface area (Å²) in [6.45, 7) is 1.93. The molecule has 18 heavy (non-hydrogen) atoms. The van der Waals surface area contributed by atoms with Crippen LogP contribution in [0, 0.1) is 5.92 Å². The van der Waals surface area contributed by atoms with E-state index in [0.29, 0.717) is 6.42 Å². The molecule has 0 bridgehead atoms. The number of carbonyl (C=O) groups is 1. The van der Waals surface area contributed by atoms with Crippen molar-refractivity contribution in [1.82, 2.24) is 5.32 Å². The van der Waals surface area contributed by atoms with Crippen LogP contribution in [0.25, 0.3) is 0 Å². The van der Waals surface area contributed by atoms with Crippen LogP contribution < -0.4 is 5.32 Å². The van der Waals surface area contributed by atoms with Gasteiger partial charge in [0.2, 0.25) is 0 Å². The van der Waals surface area contributed by atoms with Crippen LogP contribution in [-0.4, -0.2) is 5.78 Å². The number of carbonyl (C=O) groups excluding carboxylic acids is 1. The molecule has 1 aliphatic rings. The summed E-state index contributed by atoms with van der Waals surface area (Å²) in [7, 11) is 0. The maximum absolute atomic E-state index is 12.1. The van der Waals surface area contributed by atoms with Crippen LogP contribution in [0.3, 0.4) is 0 Å². The first-order chi connectivity index (χ1) is 8.75. The molecule has 1 N–H and O–H groups in total. The number of piperidine rings is 1. The number of ketones is 1. The van der Waals surface area contributed by atoms with Gasteiger partial charge in [0.15, 0.2) is 0 Å². The number of rotatable bonds is 2. The quantitative estimate of drug-likeness (QED) is 0.883. The zero-order chi connectivity index (χ0) is 12.5. The van der Waals surface area contributed by atoms with Crippen LogP contribution in [0.1, 0.15) is 36.9 Å². The van der Waals surface area contributed by atoms with E-state index in [1.54, 1.807) is 12.5 Å². The minimum Gasteiger partial charge on any atom is -0.468 e. The third-order valence-electron chi connectivity index (χ3n) is 3.53. The normalized spacial score (nSPS) is 28.5. The predicted molar refractivity (Wildman–Crippen MR) is 64.8 cm³/mol. The van der Waals surface area contributed by atoms with Gasteiger partial charge in [0.1, 0.15) is 17.3 Å². The smallest absolute Gasteiger partial charge is 0.139 e. The molecule has 2 aromatic rings. The van der Waals surface area contributed by atoms with Gasteiger partial charge in [-0.05, 0) is 24.3 Å². The molecule has 94 valence electrons. The first-order valence-corrected chi connectivity index (χ1v) is 6.11. The van der Waals surface area contributed by atoms with Crippen molar-refractivity contribution >= 4 is 5.78 Å². The second-order valence-electron chi connectivity index (χ2n) is 4.69. The Labute approximate surface area is 105 Å². The lowest BCUT2D eigenvalue weighted by Crippen LogP contribution is -2.40. The van der Waals surface area contributed by atoms with Crippen LogP contribution in [0.4, 0.5) is 0 Å². The van der Waals surface area contributed by atoms with E-state index in [2.05, 4.69) is 5.32 Å². The Morgan fingerprint density at radius 2 is 1.83 bits per heavy atom. The lowest BCUT2D eigenvalue weighted by atomic mass is 9.85. The minimum atomic E-state index is -0.0867. The summed E-state index contributed by atoms with van der Waals surface area (Å²) in [5.74, 6) is 1.75. The summed E-state index contributed by atoms with van der Waals surface area (Å²) >= 11 is 0. The molecule has 3 heterocycles. The lowest BCUT2D eigenvalue weighted by molar-refractivity contribution is -0.126. The van der Waals surface area contributed by atoms with Crippen molar-refractivity contribution < 1.29 is 13.6 Å². The van der Waals surface area contributed by atoms with Gasteiger partial charge in [-0.3, -0.25) is 10.1 Å². The Morgan fingerprint density at radius 1 is 1.17 bits per heavy atom. The fraction of sp³-hybridized carbons (Fsp3) is 0.357. The van der Waals surface area contributed by atoms with Gasteiger partial charge in [-0.25, -0.2) is 0 Å². The first kappa shape index (κ1) is 11.3. The summed E-state index contributed by atoms with van der Waals surface area (Å²) in [5.41, 5.74) is 0. The van der Waals surface area contributed by atoms with Gasteiger partial charge >= 0.3 is 0 Å². The maximum atomic E-state index is 12.1. The summed E-state index contributed by atoms with van der Waals surface area (Å²) in [6, 6.07) is 7.30. The van der Waals surface area contributed by atoms with Crippen molar-refractivity contribution in [3.8, 4) is 0 Å². The van der Waals surface area contributed by atoms with E-state index in [0.717, 1.165) is 11.5 Å². The molecular weight excluding hydrogens is 230 g/mol. The molecule has 2 aromatic heterocycles. The van der Waals surface area contributed by atoms with Gasteiger partial charge in [0, 0.05) is 12.3 Å². The maximum Gasteiger partial charge on any atom is 0.139 e. The summed E-state index contributed by atoms with van der Waals surface area (Å²) < 4.78 is 10.8. The number of furan rings is 2. The Morgan fingerprint density at radius 3 is 2.44 bits per heavy atom. The van der Waals surface area contributed by atoms with Crippen molar-refractivity contribution in [2.45, 2.75) is 25.4 Å². The van der Waals surface area contributed by atoms with Crippen molar-refractivity contribution in [3.05, 3.63) is 48.3 Å². The molecule has 3 atom stereocenters. The highest BCUT2D eigenvalue weighted by Crippen LogP contribution is 2.34. The van der Waals surface area contributed by atoms with E-state index in [-0.39, 0.29) is 23.8 Å². The molecule has 0 saturated carbocycles. The average molecular weight is 245 g/mol. The highest BCUT2D eigenvalue weighted by atomic mass is 16.3. The largest absolute Gasteiger partial charge is 0.468 e. The molecule has 4 nitrogen and oxygen atoms in total. The van der Waals surface area contributed by atoms with Crippen molar-refractivity contribution in [3.63, 3.8) is 0 Å². The molecule has 1 fully saturated rings. The monoisotopic (exact) mass is 245 g/mol. The number of hydrogen-bond acceptors (Lipinski definition) is 4. The van der Waals surface area contributed by atoms with E-state index < -0.39 is 0 Å². The second kappa shape index (κ2) is 4.46. The minimum absolute atomic E-state index is 0.0706.